The van der Waals surface area contributed by atoms with Gasteiger partial charge in [-0.1, -0.05) is 23.5 Å². The molecule has 1 fully saturated rings. The van der Waals surface area contributed by atoms with E-state index >= 15 is 0 Å². The monoisotopic (exact) mass is 345 g/mol. The van der Waals surface area contributed by atoms with Gasteiger partial charge in [0.2, 0.25) is 10.3 Å². The Balaban J connectivity index is 1.40. The Labute approximate surface area is 146 Å². The van der Waals surface area contributed by atoms with E-state index in [4.69, 9.17) is 4.74 Å². The van der Waals surface area contributed by atoms with Crippen molar-refractivity contribution in [2.75, 3.05) is 50.1 Å². The second kappa shape index (κ2) is 6.57. The highest BCUT2D eigenvalue weighted by Crippen LogP contribution is 2.31. The molecule has 2 aliphatic heterocycles. The third-order valence-corrected chi connectivity index (χ3v) is 5.96. The molecule has 24 heavy (non-hydrogen) atoms. The Hall–Kier alpha value is -1.86. The van der Waals surface area contributed by atoms with Crippen LogP contribution in [0.25, 0.3) is 0 Å². The Kier molecular flexibility index (Phi) is 4.28. The molecule has 0 aliphatic carbocycles. The van der Waals surface area contributed by atoms with Gasteiger partial charge in [-0.05, 0) is 24.1 Å². The fourth-order valence-electron chi connectivity index (χ4n) is 3.40. The standard InChI is InChI=1S/C17H23N5OS/c1-12(14-4-3-13-5-10-23-15(13)11-14)21-6-8-22(9-7-21)17-20-19-16(18-2)24-17/h3-4,11-12H,5-10H2,1-2H3,(H,18,19). The maximum absolute atomic E-state index is 5.72. The van der Waals surface area contributed by atoms with Gasteiger partial charge < -0.3 is 15.0 Å². The van der Waals surface area contributed by atoms with E-state index in [-0.39, 0.29) is 0 Å². The van der Waals surface area contributed by atoms with Crippen molar-refractivity contribution in [2.24, 2.45) is 0 Å². The molecule has 0 radical (unpaired) electrons. The van der Waals surface area contributed by atoms with Crippen LogP contribution in [-0.4, -0.2) is 54.9 Å². The summed E-state index contributed by atoms with van der Waals surface area (Å²) < 4.78 is 5.72. The number of nitrogens with zero attached hydrogens (tertiary/aromatic N) is 4. The van der Waals surface area contributed by atoms with Crippen molar-refractivity contribution in [3.8, 4) is 5.75 Å². The van der Waals surface area contributed by atoms with Crippen LogP contribution >= 0.6 is 11.3 Å². The normalized spacial score (nSPS) is 19.0. The smallest absolute Gasteiger partial charge is 0.210 e. The summed E-state index contributed by atoms with van der Waals surface area (Å²) in [5, 5.41) is 13.3. The molecule has 4 rings (SSSR count). The van der Waals surface area contributed by atoms with Gasteiger partial charge >= 0.3 is 0 Å². The molecule has 2 aromatic rings. The van der Waals surface area contributed by atoms with E-state index in [9.17, 15) is 0 Å². The number of rotatable bonds is 4. The number of benzene rings is 1. The lowest BCUT2D eigenvalue weighted by atomic mass is 10.0. The molecule has 6 nitrogen and oxygen atoms in total. The number of ether oxygens (including phenoxy) is 1. The van der Waals surface area contributed by atoms with E-state index in [0.717, 1.165) is 55.2 Å². The van der Waals surface area contributed by atoms with Crippen LogP contribution in [0.5, 0.6) is 5.75 Å². The number of hydrogen-bond donors (Lipinski definition) is 1. The summed E-state index contributed by atoms with van der Waals surface area (Å²) in [6, 6.07) is 7.12. The lowest BCUT2D eigenvalue weighted by molar-refractivity contribution is 0.198. The number of piperazine rings is 1. The maximum Gasteiger partial charge on any atom is 0.210 e. The molecule has 128 valence electrons. The summed E-state index contributed by atoms with van der Waals surface area (Å²) in [4.78, 5) is 4.86. The zero-order valence-electron chi connectivity index (χ0n) is 14.2. The molecular formula is C17H23N5OS. The van der Waals surface area contributed by atoms with Crippen LogP contribution in [0.4, 0.5) is 10.3 Å². The third kappa shape index (κ3) is 2.93. The van der Waals surface area contributed by atoms with E-state index < -0.39 is 0 Å². The average Bonchev–Trinajstić information content (AvgIpc) is 3.29. The van der Waals surface area contributed by atoms with Crippen molar-refractivity contribution in [3.05, 3.63) is 29.3 Å². The largest absolute Gasteiger partial charge is 0.493 e. The molecule has 0 saturated carbocycles. The molecule has 1 saturated heterocycles. The van der Waals surface area contributed by atoms with Crippen molar-refractivity contribution in [2.45, 2.75) is 19.4 Å². The number of fused-ring (bicyclic) bond motifs is 1. The van der Waals surface area contributed by atoms with Crippen LogP contribution in [0.2, 0.25) is 0 Å². The summed E-state index contributed by atoms with van der Waals surface area (Å²) in [5.41, 5.74) is 2.69. The Morgan fingerprint density at radius 1 is 1.21 bits per heavy atom. The van der Waals surface area contributed by atoms with Gasteiger partial charge in [0.15, 0.2) is 0 Å². The quantitative estimate of drug-likeness (QED) is 0.918. The number of hydrogen-bond acceptors (Lipinski definition) is 7. The molecule has 1 aromatic carbocycles. The highest BCUT2D eigenvalue weighted by molar-refractivity contribution is 7.19. The summed E-state index contributed by atoms with van der Waals surface area (Å²) in [5.74, 6) is 1.08. The molecule has 1 atom stereocenters. The lowest BCUT2D eigenvalue weighted by Gasteiger charge is -2.38. The van der Waals surface area contributed by atoms with Gasteiger partial charge in [-0.25, -0.2) is 0 Å². The minimum atomic E-state index is 0.406. The van der Waals surface area contributed by atoms with Crippen molar-refractivity contribution in [1.29, 1.82) is 0 Å². The Morgan fingerprint density at radius 3 is 2.79 bits per heavy atom. The van der Waals surface area contributed by atoms with E-state index in [1.165, 1.54) is 11.1 Å². The molecule has 0 spiro atoms. The van der Waals surface area contributed by atoms with Crippen molar-refractivity contribution >= 4 is 21.6 Å². The molecule has 0 bridgehead atoms. The third-order valence-electron chi connectivity index (χ3n) is 4.96. The summed E-state index contributed by atoms with van der Waals surface area (Å²) >= 11 is 1.62. The first kappa shape index (κ1) is 15.7. The minimum Gasteiger partial charge on any atom is -0.493 e. The molecule has 1 aromatic heterocycles. The van der Waals surface area contributed by atoms with Crippen molar-refractivity contribution < 1.29 is 4.74 Å². The predicted molar refractivity (Wildman–Crippen MR) is 97.3 cm³/mol. The molecular weight excluding hydrogens is 322 g/mol. The van der Waals surface area contributed by atoms with Crippen molar-refractivity contribution in [1.82, 2.24) is 15.1 Å². The van der Waals surface area contributed by atoms with Crippen molar-refractivity contribution in [3.63, 3.8) is 0 Å². The van der Waals surface area contributed by atoms with Crippen LogP contribution in [0, 0.1) is 0 Å². The first-order valence-electron chi connectivity index (χ1n) is 8.50. The Morgan fingerprint density at radius 2 is 2.04 bits per heavy atom. The fourth-order valence-corrected chi connectivity index (χ4v) is 4.15. The number of anilines is 2. The van der Waals surface area contributed by atoms with Gasteiger partial charge in [0, 0.05) is 45.7 Å². The maximum atomic E-state index is 5.72. The highest BCUT2D eigenvalue weighted by Gasteiger charge is 2.25. The van der Waals surface area contributed by atoms with Gasteiger partial charge in [-0.3, -0.25) is 4.90 Å². The zero-order valence-corrected chi connectivity index (χ0v) is 15.0. The first-order chi connectivity index (χ1) is 11.7. The number of nitrogens with one attached hydrogen (secondary N) is 1. The summed E-state index contributed by atoms with van der Waals surface area (Å²) in [6.45, 7) is 7.16. The minimum absolute atomic E-state index is 0.406. The van der Waals surface area contributed by atoms with Gasteiger partial charge in [-0.2, -0.15) is 0 Å². The fraction of sp³-hybridized carbons (Fsp3) is 0.529. The lowest BCUT2D eigenvalue weighted by Crippen LogP contribution is -2.47. The molecule has 7 heteroatoms. The second-order valence-electron chi connectivity index (χ2n) is 6.30. The molecule has 2 aliphatic rings. The predicted octanol–water partition coefficient (Wildman–Crippen LogP) is 2.40. The number of aromatic nitrogens is 2. The van der Waals surface area contributed by atoms with Crippen LogP contribution in [0.1, 0.15) is 24.1 Å². The van der Waals surface area contributed by atoms with E-state index in [1.54, 1.807) is 11.3 Å². The van der Waals surface area contributed by atoms with Gasteiger partial charge in [0.25, 0.3) is 0 Å². The molecule has 1 unspecified atom stereocenters. The van der Waals surface area contributed by atoms with Gasteiger partial charge in [0.05, 0.1) is 6.61 Å². The van der Waals surface area contributed by atoms with Crippen LogP contribution in [-0.2, 0) is 6.42 Å². The SMILES string of the molecule is CNc1nnc(N2CCN(C(C)c3ccc4c(c3)OCC4)CC2)s1. The van der Waals surface area contributed by atoms with E-state index in [2.05, 4.69) is 50.4 Å². The average molecular weight is 345 g/mol. The van der Waals surface area contributed by atoms with Crippen LogP contribution in [0.3, 0.4) is 0 Å². The first-order valence-corrected chi connectivity index (χ1v) is 9.32. The van der Waals surface area contributed by atoms with Crippen LogP contribution in [0.15, 0.2) is 18.2 Å². The van der Waals surface area contributed by atoms with E-state index in [1.807, 2.05) is 7.05 Å². The topological polar surface area (TPSA) is 53.5 Å². The zero-order chi connectivity index (χ0) is 16.5. The summed E-state index contributed by atoms with van der Waals surface area (Å²) in [7, 11) is 1.88. The van der Waals surface area contributed by atoms with Gasteiger partial charge in [0.1, 0.15) is 5.75 Å². The molecule has 3 heterocycles. The van der Waals surface area contributed by atoms with Gasteiger partial charge in [-0.15, -0.1) is 10.2 Å². The second-order valence-corrected chi connectivity index (χ2v) is 7.26. The molecule has 0 amide bonds. The van der Waals surface area contributed by atoms with Crippen LogP contribution < -0.4 is 15.0 Å². The summed E-state index contributed by atoms with van der Waals surface area (Å²) in [6.07, 6.45) is 1.04. The molecule has 1 N–H and O–H groups in total. The highest BCUT2D eigenvalue weighted by atomic mass is 32.1. The Bertz CT molecular complexity index is 711. The van der Waals surface area contributed by atoms with E-state index in [0.29, 0.717) is 6.04 Å².